The van der Waals surface area contributed by atoms with Gasteiger partial charge in [0.1, 0.15) is 0 Å². The van der Waals surface area contributed by atoms with Gasteiger partial charge in [0.2, 0.25) is 0 Å². The third-order valence-electron chi connectivity index (χ3n) is 2.96. The summed E-state index contributed by atoms with van der Waals surface area (Å²) in [5, 5.41) is 4.59. The Bertz CT molecular complexity index is 512. The van der Waals surface area contributed by atoms with Crippen LogP contribution in [0.15, 0.2) is 30.5 Å². The Balaban J connectivity index is 2.44. The average molecular weight is 229 g/mol. The molecule has 0 spiro atoms. The second-order valence-electron chi connectivity index (χ2n) is 4.66. The van der Waals surface area contributed by atoms with Crippen LogP contribution < -0.4 is 5.73 Å². The molecule has 3 heteroatoms. The molecule has 90 valence electrons. The van der Waals surface area contributed by atoms with E-state index in [2.05, 4.69) is 50.1 Å². The lowest BCUT2D eigenvalue weighted by Crippen LogP contribution is -2.03. The van der Waals surface area contributed by atoms with E-state index < -0.39 is 0 Å². The van der Waals surface area contributed by atoms with Gasteiger partial charge in [0.05, 0.1) is 11.4 Å². The first-order valence-electron chi connectivity index (χ1n) is 5.97. The van der Waals surface area contributed by atoms with Crippen LogP contribution in [0.4, 0.5) is 0 Å². The van der Waals surface area contributed by atoms with Crippen LogP contribution in [-0.4, -0.2) is 9.78 Å². The molecule has 0 unspecified atom stereocenters. The fourth-order valence-corrected chi connectivity index (χ4v) is 1.81. The molecule has 0 atom stereocenters. The van der Waals surface area contributed by atoms with Gasteiger partial charge in [-0.2, -0.15) is 5.10 Å². The van der Waals surface area contributed by atoms with Gasteiger partial charge in [0.25, 0.3) is 0 Å². The van der Waals surface area contributed by atoms with E-state index in [1.165, 1.54) is 5.56 Å². The van der Waals surface area contributed by atoms with Crippen LogP contribution in [0.2, 0.25) is 0 Å². The van der Waals surface area contributed by atoms with Gasteiger partial charge in [0.15, 0.2) is 0 Å². The van der Waals surface area contributed by atoms with Gasteiger partial charge in [-0.15, -0.1) is 0 Å². The van der Waals surface area contributed by atoms with Gasteiger partial charge >= 0.3 is 0 Å². The van der Waals surface area contributed by atoms with Crippen LogP contribution in [0.3, 0.4) is 0 Å². The van der Waals surface area contributed by atoms with Crippen molar-refractivity contribution in [3.8, 4) is 5.69 Å². The Kier molecular flexibility index (Phi) is 3.29. The van der Waals surface area contributed by atoms with E-state index in [4.69, 9.17) is 5.73 Å². The molecule has 0 saturated heterocycles. The van der Waals surface area contributed by atoms with E-state index in [0.29, 0.717) is 12.5 Å². The number of hydrogen-bond acceptors (Lipinski definition) is 2. The monoisotopic (exact) mass is 229 g/mol. The molecule has 17 heavy (non-hydrogen) atoms. The van der Waals surface area contributed by atoms with E-state index >= 15 is 0 Å². The number of hydrogen-bond donors (Lipinski definition) is 1. The quantitative estimate of drug-likeness (QED) is 0.879. The molecule has 0 radical (unpaired) electrons. The standard InChI is InChI=1S/C14H19N3/c1-10(2)13-6-7-17(16-13)14-8-12(9-15)5-4-11(14)3/h4-8,10H,9,15H2,1-3H3. The molecule has 0 fully saturated rings. The van der Waals surface area contributed by atoms with E-state index in [1.807, 2.05) is 10.9 Å². The minimum Gasteiger partial charge on any atom is -0.326 e. The van der Waals surface area contributed by atoms with Gasteiger partial charge in [0, 0.05) is 12.7 Å². The fourth-order valence-electron chi connectivity index (χ4n) is 1.81. The molecule has 2 N–H and O–H groups in total. The highest BCUT2D eigenvalue weighted by atomic mass is 15.3. The lowest BCUT2D eigenvalue weighted by atomic mass is 10.1. The molecule has 0 amide bonds. The van der Waals surface area contributed by atoms with Crippen molar-refractivity contribution < 1.29 is 0 Å². The van der Waals surface area contributed by atoms with Crippen LogP contribution >= 0.6 is 0 Å². The predicted octanol–water partition coefficient (Wildman–Crippen LogP) is 2.76. The van der Waals surface area contributed by atoms with Crippen molar-refractivity contribution in [3.63, 3.8) is 0 Å². The average Bonchev–Trinajstić information content (AvgIpc) is 2.79. The van der Waals surface area contributed by atoms with Gasteiger partial charge < -0.3 is 5.73 Å². The number of benzene rings is 1. The number of nitrogens with zero attached hydrogens (tertiary/aromatic N) is 2. The predicted molar refractivity (Wildman–Crippen MR) is 70.3 cm³/mol. The second kappa shape index (κ2) is 4.72. The maximum absolute atomic E-state index is 5.67. The maximum atomic E-state index is 5.67. The molecule has 2 aromatic rings. The lowest BCUT2D eigenvalue weighted by molar-refractivity contribution is 0.765. The summed E-state index contributed by atoms with van der Waals surface area (Å²) in [4.78, 5) is 0. The summed E-state index contributed by atoms with van der Waals surface area (Å²) in [5.41, 5.74) is 10.2. The Morgan fingerprint density at radius 1 is 1.29 bits per heavy atom. The summed E-state index contributed by atoms with van der Waals surface area (Å²) in [6, 6.07) is 8.33. The van der Waals surface area contributed by atoms with Crippen LogP contribution in [-0.2, 0) is 6.54 Å². The van der Waals surface area contributed by atoms with Gasteiger partial charge in [-0.25, -0.2) is 4.68 Å². The van der Waals surface area contributed by atoms with Crippen LogP contribution in [0.25, 0.3) is 5.69 Å². The molecule has 0 aliphatic rings. The molecule has 1 aromatic heterocycles. The zero-order valence-electron chi connectivity index (χ0n) is 10.6. The number of rotatable bonds is 3. The Hall–Kier alpha value is -1.61. The summed E-state index contributed by atoms with van der Waals surface area (Å²) in [5.74, 6) is 0.453. The number of aromatic nitrogens is 2. The molecule has 1 heterocycles. The Morgan fingerprint density at radius 3 is 2.65 bits per heavy atom. The molecular formula is C14H19N3. The summed E-state index contributed by atoms with van der Waals surface area (Å²) >= 11 is 0. The van der Waals surface area contributed by atoms with Crippen molar-refractivity contribution in [1.82, 2.24) is 9.78 Å². The highest BCUT2D eigenvalue weighted by Gasteiger charge is 2.07. The largest absolute Gasteiger partial charge is 0.326 e. The van der Waals surface area contributed by atoms with Crippen molar-refractivity contribution in [2.75, 3.05) is 0 Å². The molecule has 0 aliphatic carbocycles. The highest BCUT2D eigenvalue weighted by molar-refractivity contribution is 5.42. The second-order valence-corrected chi connectivity index (χ2v) is 4.66. The first-order valence-corrected chi connectivity index (χ1v) is 5.97. The smallest absolute Gasteiger partial charge is 0.0678 e. The first kappa shape index (κ1) is 11.9. The van der Waals surface area contributed by atoms with E-state index in [9.17, 15) is 0 Å². The number of aryl methyl sites for hydroxylation is 1. The molecule has 0 bridgehead atoms. The van der Waals surface area contributed by atoms with Crippen LogP contribution in [0.5, 0.6) is 0 Å². The van der Waals surface area contributed by atoms with E-state index in [-0.39, 0.29) is 0 Å². The third kappa shape index (κ3) is 2.39. The molecule has 3 nitrogen and oxygen atoms in total. The molecule has 0 aliphatic heterocycles. The normalized spacial score (nSPS) is 11.1. The van der Waals surface area contributed by atoms with Crippen molar-refractivity contribution >= 4 is 0 Å². The van der Waals surface area contributed by atoms with Crippen LogP contribution in [0, 0.1) is 6.92 Å². The number of nitrogens with two attached hydrogens (primary N) is 1. The molecule has 0 saturated carbocycles. The Labute approximate surface area is 102 Å². The third-order valence-corrected chi connectivity index (χ3v) is 2.96. The van der Waals surface area contributed by atoms with E-state index in [0.717, 1.165) is 16.9 Å². The zero-order valence-corrected chi connectivity index (χ0v) is 10.6. The minimum atomic E-state index is 0.453. The maximum Gasteiger partial charge on any atom is 0.0678 e. The summed E-state index contributed by atoms with van der Waals surface area (Å²) < 4.78 is 1.93. The van der Waals surface area contributed by atoms with Gasteiger partial charge in [-0.1, -0.05) is 26.0 Å². The lowest BCUT2D eigenvalue weighted by Gasteiger charge is -2.08. The zero-order chi connectivity index (χ0) is 12.4. The van der Waals surface area contributed by atoms with Crippen molar-refractivity contribution in [2.45, 2.75) is 33.2 Å². The molecule has 2 rings (SSSR count). The summed E-state index contributed by atoms with van der Waals surface area (Å²) in [6.07, 6.45) is 2.01. The molecule has 1 aromatic carbocycles. The first-order chi connectivity index (χ1) is 8.11. The minimum absolute atomic E-state index is 0.453. The fraction of sp³-hybridized carbons (Fsp3) is 0.357. The van der Waals surface area contributed by atoms with Gasteiger partial charge in [-0.3, -0.25) is 0 Å². The Morgan fingerprint density at radius 2 is 2.06 bits per heavy atom. The van der Waals surface area contributed by atoms with Crippen LogP contribution in [0.1, 0.15) is 36.6 Å². The van der Waals surface area contributed by atoms with Crippen molar-refractivity contribution in [3.05, 3.63) is 47.3 Å². The topological polar surface area (TPSA) is 43.8 Å². The van der Waals surface area contributed by atoms with Gasteiger partial charge in [-0.05, 0) is 36.1 Å². The highest BCUT2D eigenvalue weighted by Crippen LogP contribution is 2.18. The molecular weight excluding hydrogens is 210 g/mol. The van der Waals surface area contributed by atoms with E-state index in [1.54, 1.807) is 0 Å². The van der Waals surface area contributed by atoms with Crippen molar-refractivity contribution in [2.24, 2.45) is 5.73 Å². The summed E-state index contributed by atoms with van der Waals surface area (Å²) in [6.45, 7) is 6.95. The SMILES string of the molecule is Cc1ccc(CN)cc1-n1ccc(C(C)C)n1. The van der Waals surface area contributed by atoms with Crippen molar-refractivity contribution in [1.29, 1.82) is 0 Å². The summed E-state index contributed by atoms with van der Waals surface area (Å²) in [7, 11) is 0.